The highest BCUT2D eigenvalue weighted by molar-refractivity contribution is 6.39. The first kappa shape index (κ1) is 21.5. The number of rotatable bonds is 7. The van der Waals surface area contributed by atoms with Crippen LogP contribution < -0.4 is 10.6 Å². The normalized spacial score (nSPS) is 10.6. The van der Waals surface area contributed by atoms with E-state index in [1.165, 1.54) is 6.21 Å². The molecule has 158 valence electrons. The summed E-state index contributed by atoms with van der Waals surface area (Å²) in [6.07, 6.45) is 1.52. The van der Waals surface area contributed by atoms with Crippen molar-refractivity contribution in [3.8, 4) is 0 Å². The number of aliphatic imine (C=N–C) groups is 1. The molecule has 1 heterocycles. The quantitative estimate of drug-likeness (QED) is 0.346. The lowest BCUT2D eigenvalue weighted by Gasteiger charge is -2.05. The van der Waals surface area contributed by atoms with Crippen molar-refractivity contribution in [3.05, 3.63) is 83.8 Å². The topological polar surface area (TPSA) is 110 Å². The number of furan rings is 1. The molecule has 0 atom stereocenters. The number of amides is 2. The molecule has 0 aliphatic rings. The third kappa shape index (κ3) is 6.40. The van der Waals surface area contributed by atoms with Gasteiger partial charge in [-0.05, 0) is 55.5 Å². The van der Waals surface area contributed by atoms with Gasteiger partial charge in [-0.2, -0.15) is 0 Å². The fraction of sp³-hybridized carbons (Fsp3) is 0.130. The third-order valence-electron chi connectivity index (χ3n) is 4.06. The van der Waals surface area contributed by atoms with Crippen molar-refractivity contribution in [2.75, 3.05) is 11.9 Å². The van der Waals surface area contributed by atoms with Gasteiger partial charge in [-0.3, -0.25) is 14.6 Å². The van der Waals surface area contributed by atoms with Crippen LogP contribution in [-0.4, -0.2) is 30.6 Å². The molecule has 0 fully saturated rings. The lowest BCUT2D eigenvalue weighted by atomic mass is 10.2. The number of anilines is 1. The molecular weight excluding hydrogens is 398 g/mol. The Morgan fingerprint density at radius 3 is 2.42 bits per heavy atom. The van der Waals surface area contributed by atoms with Gasteiger partial charge in [0, 0.05) is 5.69 Å². The summed E-state index contributed by atoms with van der Waals surface area (Å²) in [7, 11) is 0. The summed E-state index contributed by atoms with van der Waals surface area (Å²) in [5.41, 5.74) is 1.62. The summed E-state index contributed by atoms with van der Waals surface area (Å²) >= 11 is 0. The highest BCUT2D eigenvalue weighted by Gasteiger charge is 2.14. The number of benzene rings is 2. The molecule has 2 aromatic carbocycles. The van der Waals surface area contributed by atoms with Crippen molar-refractivity contribution in [2.45, 2.75) is 13.5 Å². The van der Waals surface area contributed by atoms with Crippen molar-refractivity contribution in [3.63, 3.8) is 0 Å². The minimum atomic E-state index is -0.767. The maximum absolute atomic E-state index is 11.9. The van der Waals surface area contributed by atoms with Crippen molar-refractivity contribution < 1.29 is 23.5 Å². The van der Waals surface area contributed by atoms with Gasteiger partial charge in [0.15, 0.2) is 0 Å². The fourth-order valence-electron chi connectivity index (χ4n) is 2.55. The molecule has 0 unspecified atom stereocenters. The van der Waals surface area contributed by atoms with Crippen LogP contribution in [0.2, 0.25) is 0 Å². The van der Waals surface area contributed by atoms with Crippen molar-refractivity contribution >= 4 is 35.4 Å². The molecule has 0 saturated heterocycles. The zero-order valence-electron chi connectivity index (χ0n) is 16.8. The van der Waals surface area contributed by atoms with Gasteiger partial charge in [0.2, 0.25) is 0 Å². The Hall–Kier alpha value is -4.20. The molecule has 0 aliphatic heterocycles. The molecule has 0 spiro atoms. The SMILES string of the molecule is CCOC(=O)c1ccc(N=Cc2ccc(CNC(=O)C(=O)Nc3ccccc3)o2)cc1. The average molecular weight is 419 g/mol. The number of esters is 1. The van der Waals surface area contributed by atoms with Gasteiger partial charge in [-0.1, -0.05) is 18.2 Å². The standard InChI is InChI=1S/C23H21N3O5/c1-2-30-23(29)16-8-10-17(11-9-16)24-14-19-12-13-20(31-19)15-25-21(27)22(28)26-18-6-4-3-5-7-18/h3-14H,2,15H2,1H3,(H,25,27)(H,26,28). The molecular formula is C23H21N3O5. The van der Waals surface area contributed by atoms with Crippen LogP contribution in [0.1, 0.15) is 28.8 Å². The Kier molecular flexibility index (Phi) is 7.31. The second kappa shape index (κ2) is 10.5. The zero-order chi connectivity index (χ0) is 22.1. The van der Waals surface area contributed by atoms with E-state index < -0.39 is 11.8 Å². The predicted octanol–water partition coefficient (Wildman–Crippen LogP) is 3.46. The van der Waals surface area contributed by atoms with E-state index in [1.807, 2.05) is 6.07 Å². The summed E-state index contributed by atoms with van der Waals surface area (Å²) < 4.78 is 10.5. The molecule has 2 N–H and O–H groups in total. The lowest BCUT2D eigenvalue weighted by Crippen LogP contribution is -2.34. The van der Waals surface area contributed by atoms with Gasteiger partial charge < -0.3 is 19.8 Å². The molecule has 0 aliphatic carbocycles. The molecule has 3 rings (SSSR count). The van der Waals surface area contributed by atoms with E-state index in [0.717, 1.165) is 0 Å². The van der Waals surface area contributed by atoms with Crippen molar-refractivity contribution in [2.24, 2.45) is 4.99 Å². The minimum Gasteiger partial charge on any atom is -0.462 e. The third-order valence-corrected chi connectivity index (χ3v) is 4.06. The second-order valence-corrected chi connectivity index (χ2v) is 6.33. The van der Waals surface area contributed by atoms with E-state index >= 15 is 0 Å². The highest BCUT2D eigenvalue weighted by Crippen LogP contribution is 2.15. The van der Waals surface area contributed by atoms with E-state index in [0.29, 0.717) is 35.1 Å². The van der Waals surface area contributed by atoms with Gasteiger partial charge in [0.25, 0.3) is 0 Å². The largest absolute Gasteiger partial charge is 0.462 e. The Labute approximate surface area is 178 Å². The lowest BCUT2D eigenvalue weighted by molar-refractivity contribution is -0.136. The van der Waals surface area contributed by atoms with Crippen molar-refractivity contribution in [1.82, 2.24) is 5.32 Å². The van der Waals surface area contributed by atoms with E-state index in [4.69, 9.17) is 9.15 Å². The predicted molar refractivity (Wildman–Crippen MR) is 115 cm³/mol. The maximum atomic E-state index is 11.9. The van der Waals surface area contributed by atoms with Crippen molar-refractivity contribution in [1.29, 1.82) is 0 Å². The maximum Gasteiger partial charge on any atom is 0.338 e. The first-order valence-corrected chi connectivity index (χ1v) is 9.59. The number of ether oxygens (including phenoxy) is 1. The first-order valence-electron chi connectivity index (χ1n) is 9.59. The van der Waals surface area contributed by atoms with Crippen LogP contribution in [0.3, 0.4) is 0 Å². The van der Waals surface area contributed by atoms with Crippen LogP contribution in [0.4, 0.5) is 11.4 Å². The number of carbonyl (C=O) groups is 3. The molecule has 0 radical (unpaired) electrons. The van der Waals surface area contributed by atoms with Crippen LogP contribution in [-0.2, 0) is 20.9 Å². The van der Waals surface area contributed by atoms with Crippen LogP contribution in [0.15, 0.2) is 76.1 Å². The molecule has 8 nitrogen and oxygen atoms in total. The summed E-state index contributed by atoms with van der Waals surface area (Å²) in [6, 6.07) is 18.7. The average Bonchev–Trinajstić information content (AvgIpc) is 3.25. The summed E-state index contributed by atoms with van der Waals surface area (Å²) in [5, 5.41) is 5.01. The monoisotopic (exact) mass is 419 g/mol. The summed E-state index contributed by atoms with van der Waals surface area (Å²) in [4.78, 5) is 39.8. The Bertz CT molecular complexity index is 1070. The second-order valence-electron chi connectivity index (χ2n) is 6.33. The number of nitrogens with zero attached hydrogens (tertiary/aromatic N) is 1. The van der Waals surface area contributed by atoms with Crippen LogP contribution >= 0.6 is 0 Å². The Morgan fingerprint density at radius 2 is 1.71 bits per heavy atom. The highest BCUT2D eigenvalue weighted by atomic mass is 16.5. The fourth-order valence-corrected chi connectivity index (χ4v) is 2.55. The molecule has 3 aromatic rings. The number of carbonyl (C=O) groups excluding carboxylic acids is 3. The van der Waals surface area contributed by atoms with Gasteiger partial charge >= 0.3 is 17.8 Å². The number of hydrogen-bond acceptors (Lipinski definition) is 6. The van der Waals surface area contributed by atoms with E-state index in [9.17, 15) is 14.4 Å². The minimum absolute atomic E-state index is 0.0587. The Balaban J connectivity index is 1.50. The van der Waals surface area contributed by atoms with Gasteiger partial charge in [-0.25, -0.2) is 4.79 Å². The van der Waals surface area contributed by atoms with E-state index in [2.05, 4.69) is 15.6 Å². The molecule has 31 heavy (non-hydrogen) atoms. The van der Waals surface area contributed by atoms with E-state index in [-0.39, 0.29) is 12.5 Å². The molecule has 0 saturated carbocycles. The first-order chi connectivity index (χ1) is 15.0. The smallest absolute Gasteiger partial charge is 0.338 e. The van der Waals surface area contributed by atoms with Crippen LogP contribution in [0.25, 0.3) is 0 Å². The van der Waals surface area contributed by atoms with E-state index in [1.54, 1.807) is 67.6 Å². The Morgan fingerprint density at radius 1 is 0.968 bits per heavy atom. The number of para-hydroxylation sites is 1. The van der Waals surface area contributed by atoms with Gasteiger partial charge in [0.1, 0.15) is 11.5 Å². The van der Waals surface area contributed by atoms with Crippen LogP contribution in [0.5, 0.6) is 0 Å². The summed E-state index contributed by atoms with van der Waals surface area (Å²) in [6.45, 7) is 2.12. The van der Waals surface area contributed by atoms with Gasteiger partial charge in [0.05, 0.1) is 30.6 Å². The zero-order valence-corrected chi connectivity index (χ0v) is 16.8. The van der Waals surface area contributed by atoms with Gasteiger partial charge in [-0.15, -0.1) is 0 Å². The molecule has 0 bridgehead atoms. The van der Waals surface area contributed by atoms with Crippen LogP contribution in [0, 0.1) is 0 Å². The number of hydrogen-bond donors (Lipinski definition) is 2. The molecule has 8 heteroatoms. The number of nitrogens with one attached hydrogen (secondary N) is 2. The molecule has 2 amide bonds. The summed E-state index contributed by atoms with van der Waals surface area (Å²) in [5.74, 6) is -0.955. The molecule has 1 aromatic heterocycles.